The molecule has 0 spiro atoms. The van der Waals surface area contributed by atoms with E-state index in [9.17, 15) is 4.39 Å². The van der Waals surface area contributed by atoms with Crippen molar-refractivity contribution < 1.29 is 9.13 Å². The summed E-state index contributed by atoms with van der Waals surface area (Å²) in [5.41, 5.74) is 2.06. The van der Waals surface area contributed by atoms with E-state index in [1.165, 1.54) is 0 Å². The smallest absolute Gasteiger partial charge is 0.127 e. The van der Waals surface area contributed by atoms with E-state index in [0.29, 0.717) is 6.54 Å². The summed E-state index contributed by atoms with van der Waals surface area (Å²) in [6, 6.07) is 7.81. The number of alkyl halides is 1. The summed E-state index contributed by atoms with van der Waals surface area (Å²) in [5, 5.41) is 7.43. The molecule has 0 aliphatic carbocycles. The van der Waals surface area contributed by atoms with Crippen molar-refractivity contribution in [2.45, 2.75) is 20.0 Å². The molecule has 1 N–H and O–H groups in total. The number of ether oxygens (including phenoxy) is 1. The van der Waals surface area contributed by atoms with Crippen LogP contribution in [0.25, 0.3) is 0 Å². The van der Waals surface area contributed by atoms with Crippen LogP contribution in [0.1, 0.15) is 11.1 Å². The number of halogens is 1. The van der Waals surface area contributed by atoms with Crippen molar-refractivity contribution in [3.05, 3.63) is 41.6 Å². The van der Waals surface area contributed by atoms with E-state index in [4.69, 9.17) is 4.74 Å². The Morgan fingerprint density at radius 1 is 1.37 bits per heavy atom. The fraction of sp³-hybridized carbons (Fsp3) is 0.357. The molecule has 19 heavy (non-hydrogen) atoms. The number of hydrogen-bond acceptors (Lipinski definition) is 3. The van der Waals surface area contributed by atoms with Crippen molar-refractivity contribution in [2.24, 2.45) is 0 Å². The number of nitrogens with zero attached hydrogens (tertiary/aromatic N) is 2. The van der Waals surface area contributed by atoms with Gasteiger partial charge in [-0.2, -0.15) is 5.10 Å². The maximum Gasteiger partial charge on any atom is 0.127 e. The molecular weight excluding hydrogens is 245 g/mol. The second-order valence-corrected chi connectivity index (χ2v) is 4.25. The molecule has 2 aromatic rings. The van der Waals surface area contributed by atoms with Crippen LogP contribution in [0.3, 0.4) is 0 Å². The third-order valence-electron chi connectivity index (χ3n) is 2.96. The Morgan fingerprint density at radius 2 is 2.16 bits per heavy atom. The Bertz CT molecular complexity index is 539. The van der Waals surface area contributed by atoms with Gasteiger partial charge in [0.15, 0.2) is 0 Å². The summed E-state index contributed by atoms with van der Waals surface area (Å²) in [7, 11) is 1.65. The lowest BCUT2D eigenvalue weighted by Gasteiger charge is -2.12. The van der Waals surface area contributed by atoms with Gasteiger partial charge in [-0.05, 0) is 13.0 Å². The zero-order chi connectivity index (χ0) is 13.7. The zero-order valence-corrected chi connectivity index (χ0v) is 11.2. The highest BCUT2D eigenvalue weighted by molar-refractivity contribution is 5.45. The molecule has 0 saturated carbocycles. The number of methoxy groups -OCH3 is 1. The largest absolute Gasteiger partial charge is 0.496 e. The van der Waals surface area contributed by atoms with Gasteiger partial charge in [0.25, 0.3) is 0 Å². The maximum atomic E-state index is 12.4. The molecule has 5 heteroatoms. The Labute approximate surface area is 112 Å². The Balaban J connectivity index is 2.12. The zero-order valence-electron chi connectivity index (χ0n) is 11.2. The maximum absolute atomic E-state index is 12.4. The number of hydrogen-bond donors (Lipinski definition) is 1. The second kappa shape index (κ2) is 6.22. The minimum atomic E-state index is -0.426. The number of nitrogens with one attached hydrogen (secondary N) is 1. The van der Waals surface area contributed by atoms with Gasteiger partial charge in [-0.1, -0.05) is 18.2 Å². The van der Waals surface area contributed by atoms with Gasteiger partial charge < -0.3 is 10.1 Å². The van der Waals surface area contributed by atoms with Gasteiger partial charge in [0.05, 0.1) is 19.9 Å². The molecule has 0 unspecified atom stereocenters. The molecule has 102 valence electrons. The summed E-state index contributed by atoms with van der Waals surface area (Å²) in [4.78, 5) is 0. The highest BCUT2D eigenvalue weighted by Gasteiger charge is 2.08. The minimum absolute atomic E-state index is 0.266. The van der Waals surface area contributed by atoms with Crippen molar-refractivity contribution in [1.82, 2.24) is 9.78 Å². The third-order valence-corrected chi connectivity index (χ3v) is 2.96. The number of aryl methyl sites for hydroxylation is 2. The minimum Gasteiger partial charge on any atom is -0.496 e. The normalized spacial score (nSPS) is 10.5. The van der Waals surface area contributed by atoms with Crippen LogP contribution in [0.4, 0.5) is 10.2 Å². The molecule has 1 aromatic heterocycles. The van der Waals surface area contributed by atoms with Crippen LogP contribution >= 0.6 is 0 Å². The topological polar surface area (TPSA) is 39.1 Å². The van der Waals surface area contributed by atoms with Crippen LogP contribution in [0, 0.1) is 6.92 Å². The lowest BCUT2D eigenvalue weighted by Crippen LogP contribution is -2.10. The lowest BCUT2D eigenvalue weighted by molar-refractivity contribution is 0.410. The molecule has 0 aliphatic heterocycles. The number of aromatic nitrogens is 2. The van der Waals surface area contributed by atoms with E-state index < -0.39 is 6.67 Å². The predicted octanol–water partition coefficient (Wildman–Crippen LogP) is 2.78. The van der Waals surface area contributed by atoms with Crippen LogP contribution in [-0.4, -0.2) is 23.6 Å². The van der Waals surface area contributed by atoms with Crippen LogP contribution in [-0.2, 0) is 13.1 Å². The highest BCUT2D eigenvalue weighted by atomic mass is 19.1. The summed E-state index contributed by atoms with van der Waals surface area (Å²) in [6.45, 7) is 2.40. The van der Waals surface area contributed by atoms with Gasteiger partial charge in [0.1, 0.15) is 18.2 Å². The van der Waals surface area contributed by atoms with Crippen molar-refractivity contribution in [2.75, 3.05) is 19.1 Å². The predicted molar refractivity (Wildman–Crippen MR) is 73.3 cm³/mol. The van der Waals surface area contributed by atoms with E-state index in [1.54, 1.807) is 18.0 Å². The molecular formula is C14H18FN3O. The summed E-state index contributed by atoms with van der Waals surface area (Å²) < 4.78 is 19.4. The average Bonchev–Trinajstić information content (AvgIpc) is 2.78. The van der Waals surface area contributed by atoms with Gasteiger partial charge in [0, 0.05) is 17.7 Å². The van der Waals surface area contributed by atoms with Gasteiger partial charge in [0.2, 0.25) is 0 Å². The number of para-hydroxylation sites is 1. The summed E-state index contributed by atoms with van der Waals surface area (Å²) in [5.74, 6) is 1.69. The first-order valence-electron chi connectivity index (χ1n) is 6.20. The third kappa shape index (κ3) is 3.05. The van der Waals surface area contributed by atoms with Gasteiger partial charge in [-0.15, -0.1) is 0 Å². The molecule has 1 aromatic carbocycles. The molecule has 0 fully saturated rings. The molecule has 0 aliphatic rings. The van der Waals surface area contributed by atoms with Gasteiger partial charge in [-0.3, -0.25) is 0 Å². The van der Waals surface area contributed by atoms with E-state index in [0.717, 1.165) is 22.7 Å². The number of benzene rings is 1. The van der Waals surface area contributed by atoms with Crippen molar-refractivity contribution >= 4 is 5.82 Å². The Kier molecular flexibility index (Phi) is 4.39. The molecule has 0 radical (unpaired) electrons. The fourth-order valence-corrected chi connectivity index (χ4v) is 1.99. The molecule has 4 nitrogen and oxygen atoms in total. The first-order chi connectivity index (χ1) is 9.26. The number of rotatable bonds is 6. The molecule has 0 amide bonds. The lowest BCUT2D eigenvalue weighted by atomic mass is 10.2. The van der Waals surface area contributed by atoms with Crippen molar-refractivity contribution in [3.8, 4) is 5.75 Å². The van der Waals surface area contributed by atoms with Gasteiger partial charge >= 0.3 is 0 Å². The molecule has 0 bridgehead atoms. The summed E-state index contributed by atoms with van der Waals surface area (Å²) in [6.07, 6.45) is 1.74. The first-order valence-corrected chi connectivity index (χ1v) is 6.20. The monoisotopic (exact) mass is 263 g/mol. The standard InChI is InChI=1S/C14H18FN3O/c1-11-9-17-18(8-7-15)14(11)16-10-12-5-3-4-6-13(12)19-2/h3-6,9,16H,7-8,10H2,1-2H3. The van der Waals surface area contributed by atoms with Crippen LogP contribution in [0.5, 0.6) is 5.75 Å². The molecule has 0 saturated heterocycles. The van der Waals surface area contributed by atoms with E-state index >= 15 is 0 Å². The molecule has 0 atom stereocenters. The van der Waals surface area contributed by atoms with Crippen LogP contribution < -0.4 is 10.1 Å². The SMILES string of the molecule is COc1ccccc1CNc1c(C)cnn1CCF. The Morgan fingerprint density at radius 3 is 2.89 bits per heavy atom. The van der Waals surface area contributed by atoms with E-state index in [1.807, 2.05) is 31.2 Å². The van der Waals surface area contributed by atoms with Crippen LogP contribution in [0.2, 0.25) is 0 Å². The average molecular weight is 263 g/mol. The van der Waals surface area contributed by atoms with Crippen LogP contribution in [0.15, 0.2) is 30.5 Å². The second-order valence-electron chi connectivity index (χ2n) is 4.25. The molecule has 1 heterocycles. The quantitative estimate of drug-likeness (QED) is 0.871. The highest BCUT2D eigenvalue weighted by Crippen LogP contribution is 2.20. The number of anilines is 1. The van der Waals surface area contributed by atoms with E-state index in [2.05, 4.69) is 10.4 Å². The van der Waals surface area contributed by atoms with Crippen molar-refractivity contribution in [1.29, 1.82) is 0 Å². The Hall–Kier alpha value is -2.04. The first kappa shape index (κ1) is 13.4. The van der Waals surface area contributed by atoms with Gasteiger partial charge in [-0.25, -0.2) is 9.07 Å². The molecule has 2 rings (SSSR count). The fourth-order valence-electron chi connectivity index (χ4n) is 1.99. The van der Waals surface area contributed by atoms with E-state index in [-0.39, 0.29) is 6.54 Å². The van der Waals surface area contributed by atoms with Crippen molar-refractivity contribution in [3.63, 3.8) is 0 Å². The summed E-state index contributed by atoms with van der Waals surface area (Å²) >= 11 is 0.